The van der Waals surface area contributed by atoms with Gasteiger partial charge in [-0.2, -0.15) is 0 Å². The van der Waals surface area contributed by atoms with E-state index < -0.39 is 6.10 Å². The Morgan fingerprint density at radius 1 is 0.906 bits per heavy atom. The quantitative estimate of drug-likeness (QED) is 0.232. The lowest BCUT2D eigenvalue weighted by molar-refractivity contribution is 0.182. The molecule has 0 bridgehead atoms. The van der Waals surface area contributed by atoms with E-state index in [2.05, 4.69) is 15.6 Å². The fourth-order valence-electron chi connectivity index (χ4n) is 3.16. The fraction of sp³-hybridized carbons (Fsp3) is 0.435. The molecule has 9 heteroatoms. The summed E-state index contributed by atoms with van der Waals surface area (Å²) in [5.41, 5.74) is 1.55. The molecule has 0 aromatic heterocycles. The molecule has 2 aromatic rings. The van der Waals surface area contributed by atoms with Gasteiger partial charge in [0, 0.05) is 17.7 Å². The molecular weight excluding hydrogens is 525 g/mol. The van der Waals surface area contributed by atoms with E-state index in [0.29, 0.717) is 29.6 Å². The standard InChI is InChI=1S/C23H33N3O5.HI/c1-7-24-23(26-15(2)18-12-16(28-3)8-10-21(18)30-5)25-14-20(27)19-13-17(29-4)9-11-22(19)31-6;/h8-13,15,20,27H,7,14H2,1-6H3,(H2,24,25,26);1H. The Morgan fingerprint density at radius 2 is 1.44 bits per heavy atom. The number of aliphatic hydroxyl groups excluding tert-OH is 1. The molecule has 3 N–H and O–H groups in total. The van der Waals surface area contributed by atoms with Crippen molar-refractivity contribution in [3.63, 3.8) is 0 Å². The maximum atomic E-state index is 10.7. The minimum absolute atomic E-state index is 0. The number of benzene rings is 2. The number of methoxy groups -OCH3 is 4. The second-order valence-electron chi connectivity index (χ2n) is 6.82. The fourth-order valence-corrected chi connectivity index (χ4v) is 3.16. The lowest BCUT2D eigenvalue weighted by atomic mass is 10.1. The van der Waals surface area contributed by atoms with E-state index in [-0.39, 0.29) is 36.6 Å². The largest absolute Gasteiger partial charge is 0.497 e. The summed E-state index contributed by atoms with van der Waals surface area (Å²) in [6.45, 7) is 4.80. The average molecular weight is 559 g/mol. The summed E-state index contributed by atoms with van der Waals surface area (Å²) in [6.07, 6.45) is -0.859. The van der Waals surface area contributed by atoms with Gasteiger partial charge >= 0.3 is 0 Å². The summed E-state index contributed by atoms with van der Waals surface area (Å²) in [5.74, 6) is 3.28. The molecule has 0 heterocycles. The first-order chi connectivity index (χ1) is 15.0. The van der Waals surface area contributed by atoms with Crippen LogP contribution in [0, 0.1) is 0 Å². The third-order valence-corrected chi connectivity index (χ3v) is 4.82. The number of nitrogens with one attached hydrogen (secondary N) is 2. The molecule has 0 amide bonds. The first-order valence-electron chi connectivity index (χ1n) is 10.1. The normalized spacial score (nSPS) is 12.8. The van der Waals surface area contributed by atoms with Crippen molar-refractivity contribution in [3.8, 4) is 23.0 Å². The number of rotatable bonds is 10. The van der Waals surface area contributed by atoms with Crippen LogP contribution in [0.1, 0.15) is 37.1 Å². The molecule has 0 spiro atoms. The van der Waals surface area contributed by atoms with Gasteiger partial charge in [-0.25, -0.2) is 0 Å². The Balaban J connectivity index is 0.00000512. The van der Waals surface area contributed by atoms with Crippen molar-refractivity contribution in [2.75, 3.05) is 41.5 Å². The van der Waals surface area contributed by atoms with Crippen molar-refractivity contribution in [2.24, 2.45) is 4.99 Å². The second kappa shape index (κ2) is 13.9. The van der Waals surface area contributed by atoms with Crippen LogP contribution in [0.4, 0.5) is 0 Å². The molecule has 0 radical (unpaired) electrons. The van der Waals surface area contributed by atoms with Crippen molar-refractivity contribution < 1.29 is 24.1 Å². The summed E-state index contributed by atoms with van der Waals surface area (Å²) >= 11 is 0. The van der Waals surface area contributed by atoms with Crippen molar-refractivity contribution in [2.45, 2.75) is 26.0 Å². The summed E-state index contributed by atoms with van der Waals surface area (Å²) in [5, 5.41) is 17.3. The van der Waals surface area contributed by atoms with Gasteiger partial charge in [0.05, 0.1) is 41.0 Å². The number of guanidine groups is 1. The van der Waals surface area contributed by atoms with Crippen molar-refractivity contribution in [1.29, 1.82) is 0 Å². The number of hydrogen-bond acceptors (Lipinski definition) is 6. The first kappa shape index (κ1) is 27.6. The smallest absolute Gasteiger partial charge is 0.191 e. The van der Waals surface area contributed by atoms with E-state index in [1.807, 2.05) is 32.0 Å². The molecule has 2 unspecified atom stereocenters. The van der Waals surface area contributed by atoms with Crippen molar-refractivity contribution in [3.05, 3.63) is 47.5 Å². The predicted octanol–water partition coefficient (Wildman–Crippen LogP) is 3.69. The predicted molar refractivity (Wildman–Crippen MR) is 137 cm³/mol. The van der Waals surface area contributed by atoms with Gasteiger partial charge < -0.3 is 34.7 Å². The SMILES string of the molecule is CCNC(=NCC(O)c1cc(OC)ccc1OC)NC(C)c1cc(OC)ccc1OC.I. The van der Waals surface area contributed by atoms with Crippen LogP contribution in [0.25, 0.3) is 0 Å². The highest BCUT2D eigenvalue weighted by molar-refractivity contribution is 14.0. The highest BCUT2D eigenvalue weighted by atomic mass is 127. The number of halogens is 1. The Kier molecular flexibility index (Phi) is 12.0. The van der Waals surface area contributed by atoms with Gasteiger partial charge in [0.15, 0.2) is 5.96 Å². The van der Waals surface area contributed by atoms with Crippen LogP contribution in [0.15, 0.2) is 41.4 Å². The third kappa shape index (κ3) is 7.33. The van der Waals surface area contributed by atoms with Crippen molar-refractivity contribution >= 4 is 29.9 Å². The zero-order valence-electron chi connectivity index (χ0n) is 19.5. The topological polar surface area (TPSA) is 93.6 Å². The molecule has 0 aliphatic rings. The van der Waals surface area contributed by atoms with E-state index in [4.69, 9.17) is 18.9 Å². The first-order valence-corrected chi connectivity index (χ1v) is 10.1. The van der Waals surface area contributed by atoms with E-state index in [0.717, 1.165) is 17.1 Å². The Labute approximate surface area is 207 Å². The van der Waals surface area contributed by atoms with Crippen LogP contribution in [-0.2, 0) is 0 Å². The molecule has 0 saturated heterocycles. The summed E-state index contributed by atoms with van der Waals surface area (Å²) in [7, 11) is 6.41. The van der Waals surface area contributed by atoms with E-state index in [9.17, 15) is 5.11 Å². The number of hydrogen-bond donors (Lipinski definition) is 3. The van der Waals surface area contributed by atoms with Crippen LogP contribution in [0.2, 0.25) is 0 Å². The Morgan fingerprint density at radius 3 is 1.94 bits per heavy atom. The van der Waals surface area contributed by atoms with E-state index in [1.54, 1.807) is 46.6 Å². The average Bonchev–Trinajstić information content (AvgIpc) is 2.81. The highest BCUT2D eigenvalue weighted by Crippen LogP contribution is 2.30. The summed E-state index contributed by atoms with van der Waals surface area (Å²) < 4.78 is 21.5. The number of ether oxygens (including phenoxy) is 4. The molecular formula is C23H34IN3O5. The molecule has 0 saturated carbocycles. The second-order valence-corrected chi connectivity index (χ2v) is 6.82. The van der Waals surface area contributed by atoms with Gasteiger partial charge in [-0.3, -0.25) is 4.99 Å². The van der Waals surface area contributed by atoms with Gasteiger partial charge in [-0.1, -0.05) is 0 Å². The summed E-state index contributed by atoms with van der Waals surface area (Å²) in [4.78, 5) is 4.56. The van der Waals surface area contributed by atoms with Gasteiger partial charge in [0.1, 0.15) is 29.1 Å². The zero-order chi connectivity index (χ0) is 22.8. The monoisotopic (exact) mass is 559 g/mol. The molecule has 0 aliphatic carbocycles. The molecule has 0 aliphatic heterocycles. The van der Waals surface area contributed by atoms with Gasteiger partial charge in [0.2, 0.25) is 0 Å². The third-order valence-electron chi connectivity index (χ3n) is 4.82. The molecule has 2 rings (SSSR count). The Hall–Kier alpha value is -2.40. The molecule has 2 atom stereocenters. The molecule has 32 heavy (non-hydrogen) atoms. The Bertz CT molecular complexity index is 879. The minimum Gasteiger partial charge on any atom is -0.497 e. The maximum absolute atomic E-state index is 10.7. The van der Waals surface area contributed by atoms with Crippen LogP contribution < -0.4 is 29.6 Å². The van der Waals surface area contributed by atoms with E-state index in [1.165, 1.54) is 0 Å². The molecule has 2 aromatic carbocycles. The lowest BCUT2D eigenvalue weighted by Gasteiger charge is -2.21. The van der Waals surface area contributed by atoms with Crippen LogP contribution in [-0.4, -0.2) is 52.6 Å². The lowest BCUT2D eigenvalue weighted by Crippen LogP contribution is -2.39. The van der Waals surface area contributed by atoms with Gasteiger partial charge in [0.25, 0.3) is 0 Å². The van der Waals surface area contributed by atoms with Gasteiger partial charge in [-0.05, 0) is 50.2 Å². The van der Waals surface area contributed by atoms with E-state index >= 15 is 0 Å². The number of aliphatic imine (C=N–C) groups is 1. The van der Waals surface area contributed by atoms with Crippen LogP contribution in [0.3, 0.4) is 0 Å². The molecule has 8 nitrogen and oxygen atoms in total. The number of aliphatic hydroxyl groups is 1. The van der Waals surface area contributed by atoms with Crippen LogP contribution in [0.5, 0.6) is 23.0 Å². The maximum Gasteiger partial charge on any atom is 0.191 e. The highest BCUT2D eigenvalue weighted by Gasteiger charge is 2.17. The molecule has 0 fully saturated rings. The van der Waals surface area contributed by atoms with Crippen LogP contribution >= 0.6 is 24.0 Å². The minimum atomic E-state index is -0.859. The molecule has 178 valence electrons. The van der Waals surface area contributed by atoms with Gasteiger partial charge in [-0.15, -0.1) is 24.0 Å². The summed E-state index contributed by atoms with van der Waals surface area (Å²) in [6, 6.07) is 10.8. The number of nitrogens with zero attached hydrogens (tertiary/aromatic N) is 1. The van der Waals surface area contributed by atoms with Crippen molar-refractivity contribution in [1.82, 2.24) is 10.6 Å². The zero-order valence-corrected chi connectivity index (χ0v) is 21.8.